The lowest BCUT2D eigenvalue weighted by molar-refractivity contribution is -0.115. The van der Waals surface area contributed by atoms with Crippen molar-refractivity contribution >= 4 is 81.4 Å². The molecule has 1 fully saturated rings. The van der Waals surface area contributed by atoms with Gasteiger partial charge in [0.15, 0.2) is 11.7 Å². The number of carbonyl (C=O) groups is 2. The van der Waals surface area contributed by atoms with Gasteiger partial charge in [0.2, 0.25) is 0 Å². The molecule has 1 aromatic rings. The number of carbonyl (C=O) groups excluding carboxylic acids is 2. The zero-order chi connectivity index (χ0) is 26.9. The van der Waals surface area contributed by atoms with Crippen molar-refractivity contribution in [3.8, 4) is 5.75 Å². The average Bonchev–Trinajstić information content (AvgIpc) is 3.47. The molecule has 2 aliphatic heterocycles. The standard InChI is InChI=1S/C22H21Br4N3O8/c1-34-18-13(25)4-22(19(31)16(18)26)5-14(29-37-22)20(32)27-7-15(30)9-2-11(23)17(12(24)3-9)35-8-10-6-28-21(33)36-10/h2-4,10,15,19,30-31H,5-8H2,1H3,(H,27,32)(H,28,33)/t10-,15+,19-,22-/m1/s1. The van der Waals surface area contributed by atoms with Crippen LogP contribution in [0.25, 0.3) is 0 Å². The molecule has 0 radical (unpaired) electrons. The van der Waals surface area contributed by atoms with E-state index in [1.165, 1.54) is 7.11 Å². The fraction of sp³-hybridized carbons (Fsp3) is 0.409. The van der Waals surface area contributed by atoms with E-state index < -0.39 is 35.9 Å². The van der Waals surface area contributed by atoms with Gasteiger partial charge in [-0.2, -0.15) is 0 Å². The number of alkyl carbamates (subject to hydrolysis) is 1. The summed E-state index contributed by atoms with van der Waals surface area (Å²) in [5, 5.41) is 30.5. The number of rotatable bonds is 8. The molecule has 1 aromatic carbocycles. The van der Waals surface area contributed by atoms with Crippen LogP contribution in [0.15, 0.2) is 47.0 Å². The van der Waals surface area contributed by atoms with Gasteiger partial charge in [0.25, 0.3) is 5.91 Å². The van der Waals surface area contributed by atoms with Gasteiger partial charge in [-0.15, -0.1) is 0 Å². The minimum Gasteiger partial charge on any atom is -0.495 e. The van der Waals surface area contributed by atoms with Gasteiger partial charge in [0.05, 0.1) is 37.7 Å². The van der Waals surface area contributed by atoms with Crippen LogP contribution in [0, 0.1) is 0 Å². The van der Waals surface area contributed by atoms with Crippen LogP contribution in [0.5, 0.6) is 5.75 Å². The maximum absolute atomic E-state index is 12.7. The zero-order valence-electron chi connectivity index (χ0n) is 19.1. The minimum atomic E-state index is -1.27. The second-order valence-electron chi connectivity index (χ2n) is 8.30. The van der Waals surface area contributed by atoms with E-state index in [0.29, 0.717) is 41.5 Å². The molecule has 3 aliphatic rings. The summed E-state index contributed by atoms with van der Waals surface area (Å²) >= 11 is 13.5. The Kier molecular flexibility index (Phi) is 8.90. The van der Waals surface area contributed by atoms with E-state index in [2.05, 4.69) is 79.5 Å². The highest BCUT2D eigenvalue weighted by Crippen LogP contribution is 2.44. The molecule has 2 amide bonds. The number of halogens is 4. The van der Waals surface area contributed by atoms with Crippen molar-refractivity contribution in [3.63, 3.8) is 0 Å². The van der Waals surface area contributed by atoms with Gasteiger partial charge in [0.1, 0.15) is 29.9 Å². The molecule has 0 saturated carbocycles. The quantitative estimate of drug-likeness (QED) is 0.315. The molecule has 0 unspecified atom stereocenters. The van der Waals surface area contributed by atoms with Crippen molar-refractivity contribution in [2.45, 2.75) is 30.3 Å². The highest BCUT2D eigenvalue weighted by atomic mass is 79.9. The normalized spacial score (nSPS) is 25.6. The number of benzene rings is 1. The van der Waals surface area contributed by atoms with Gasteiger partial charge in [-0.25, -0.2) is 4.79 Å². The van der Waals surface area contributed by atoms with E-state index in [9.17, 15) is 19.8 Å². The molecule has 1 spiro atoms. The highest BCUT2D eigenvalue weighted by molar-refractivity contribution is 9.12. The van der Waals surface area contributed by atoms with Gasteiger partial charge >= 0.3 is 6.09 Å². The number of oxime groups is 1. The molecular formula is C22H21Br4N3O8. The number of nitrogens with one attached hydrogen (secondary N) is 2. The lowest BCUT2D eigenvalue weighted by atomic mass is 9.87. The van der Waals surface area contributed by atoms with Crippen LogP contribution in [0.1, 0.15) is 18.1 Å². The van der Waals surface area contributed by atoms with Crippen LogP contribution in [0.2, 0.25) is 0 Å². The number of amides is 2. The third-order valence-corrected chi connectivity index (χ3v) is 8.33. The third kappa shape index (κ3) is 6.01. The highest BCUT2D eigenvalue weighted by Gasteiger charge is 2.50. The van der Waals surface area contributed by atoms with Gasteiger partial charge in [-0.1, -0.05) is 5.16 Å². The summed E-state index contributed by atoms with van der Waals surface area (Å²) in [4.78, 5) is 29.4. The second kappa shape index (κ2) is 11.6. The third-order valence-electron chi connectivity index (χ3n) is 5.77. The summed E-state index contributed by atoms with van der Waals surface area (Å²) in [7, 11) is 1.47. The first-order valence-corrected chi connectivity index (χ1v) is 14.0. The fourth-order valence-corrected chi connectivity index (χ4v) is 7.08. The van der Waals surface area contributed by atoms with Crippen molar-refractivity contribution in [1.29, 1.82) is 0 Å². The average molecular weight is 775 g/mol. The maximum atomic E-state index is 12.7. The van der Waals surface area contributed by atoms with Crippen molar-refractivity contribution in [2.24, 2.45) is 5.16 Å². The Labute approximate surface area is 245 Å². The number of nitrogens with zero attached hydrogens (tertiary/aromatic N) is 1. The van der Waals surface area contributed by atoms with Crippen LogP contribution < -0.4 is 15.4 Å². The SMILES string of the molecule is COC1=C(Br)[C@@H](O)[C@@]2(C=C1Br)CC(C(=O)NC[C@H](O)c1cc(Br)c(OC[C@H]3CNC(=O)O3)c(Br)c1)=NO2. The molecular weight excluding hydrogens is 754 g/mol. The van der Waals surface area contributed by atoms with Gasteiger partial charge in [-0.05, 0) is 87.5 Å². The van der Waals surface area contributed by atoms with Crippen LogP contribution in [0.4, 0.5) is 4.79 Å². The number of aliphatic hydroxyl groups excluding tert-OH is 2. The molecule has 11 nitrogen and oxygen atoms in total. The smallest absolute Gasteiger partial charge is 0.407 e. The van der Waals surface area contributed by atoms with Crippen LogP contribution in [-0.4, -0.2) is 72.5 Å². The van der Waals surface area contributed by atoms with Crippen molar-refractivity contribution in [3.05, 3.63) is 47.4 Å². The van der Waals surface area contributed by atoms with Crippen LogP contribution >= 0.6 is 63.7 Å². The van der Waals surface area contributed by atoms with Crippen molar-refractivity contribution in [1.82, 2.24) is 10.6 Å². The predicted octanol–water partition coefficient (Wildman–Crippen LogP) is 3.27. The number of methoxy groups -OCH3 is 1. The van der Waals surface area contributed by atoms with E-state index in [1.807, 2.05) is 0 Å². The number of hydrogen-bond acceptors (Lipinski definition) is 9. The molecule has 200 valence electrons. The van der Waals surface area contributed by atoms with E-state index in [4.69, 9.17) is 19.0 Å². The number of allylic oxidation sites excluding steroid dienone is 1. The second-order valence-corrected chi connectivity index (χ2v) is 11.7. The summed E-state index contributed by atoms with van der Waals surface area (Å²) in [6, 6.07) is 3.33. The monoisotopic (exact) mass is 771 g/mol. The lowest BCUT2D eigenvalue weighted by Crippen LogP contribution is -2.45. The Bertz CT molecular complexity index is 1180. The molecule has 0 aromatic heterocycles. The molecule has 1 aliphatic carbocycles. The largest absolute Gasteiger partial charge is 0.495 e. The molecule has 4 rings (SSSR count). The van der Waals surface area contributed by atoms with Crippen LogP contribution in [0.3, 0.4) is 0 Å². The molecule has 4 N–H and O–H groups in total. The number of cyclic esters (lactones) is 1. The lowest BCUT2D eigenvalue weighted by Gasteiger charge is -2.33. The summed E-state index contributed by atoms with van der Waals surface area (Å²) in [5.74, 6) is 0.353. The Morgan fingerprint density at radius 1 is 1.32 bits per heavy atom. The van der Waals surface area contributed by atoms with Crippen molar-refractivity contribution in [2.75, 3.05) is 26.8 Å². The van der Waals surface area contributed by atoms with E-state index in [0.717, 1.165) is 0 Å². The predicted molar refractivity (Wildman–Crippen MR) is 145 cm³/mol. The van der Waals surface area contributed by atoms with E-state index in [1.54, 1.807) is 18.2 Å². The Balaban J connectivity index is 1.34. The van der Waals surface area contributed by atoms with E-state index in [-0.39, 0.29) is 25.3 Å². The summed E-state index contributed by atoms with van der Waals surface area (Å²) < 4.78 is 18.1. The van der Waals surface area contributed by atoms with Crippen molar-refractivity contribution < 1.29 is 38.9 Å². The molecule has 2 heterocycles. The first kappa shape index (κ1) is 28.4. The number of hydrogen-bond donors (Lipinski definition) is 4. The number of aliphatic hydroxyl groups is 2. The molecule has 4 atom stereocenters. The molecule has 37 heavy (non-hydrogen) atoms. The topological polar surface area (TPSA) is 148 Å². The van der Waals surface area contributed by atoms with Gasteiger partial charge in [-0.3, -0.25) is 4.79 Å². The van der Waals surface area contributed by atoms with Gasteiger partial charge in [0, 0.05) is 13.0 Å². The Morgan fingerprint density at radius 3 is 2.65 bits per heavy atom. The summed E-state index contributed by atoms with van der Waals surface area (Å²) in [6.07, 6.45) is -1.47. The summed E-state index contributed by atoms with van der Waals surface area (Å²) in [6.45, 7) is 0.406. The molecule has 0 bridgehead atoms. The molecule has 1 saturated heterocycles. The van der Waals surface area contributed by atoms with E-state index >= 15 is 0 Å². The Hall–Kier alpha value is -1.65. The first-order chi connectivity index (χ1) is 17.5. The number of ether oxygens (including phenoxy) is 3. The Morgan fingerprint density at radius 2 is 2.03 bits per heavy atom. The van der Waals surface area contributed by atoms with Crippen LogP contribution in [-0.2, 0) is 19.1 Å². The zero-order valence-corrected chi connectivity index (χ0v) is 25.4. The fourth-order valence-electron chi connectivity index (χ4n) is 3.84. The minimum absolute atomic E-state index is 0.00620. The maximum Gasteiger partial charge on any atom is 0.407 e. The molecule has 15 heteroatoms. The summed E-state index contributed by atoms with van der Waals surface area (Å²) in [5.41, 5.74) is -0.696. The first-order valence-electron chi connectivity index (χ1n) is 10.8. The van der Waals surface area contributed by atoms with Gasteiger partial charge < -0.3 is 39.9 Å².